The number of nitrogens with zero attached hydrogens (tertiary/aromatic N) is 2. The Kier molecular flexibility index (Phi) is 8.42. The van der Waals surface area contributed by atoms with E-state index in [4.69, 9.17) is 9.47 Å². The molecule has 0 spiro atoms. The number of benzene rings is 4. The number of aliphatic hydroxyl groups is 1. The van der Waals surface area contributed by atoms with Crippen molar-refractivity contribution < 1.29 is 24.2 Å². The summed E-state index contributed by atoms with van der Waals surface area (Å²) in [5.41, 5.74) is 6.70. The van der Waals surface area contributed by atoms with E-state index in [0.717, 1.165) is 33.3 Å². The van der Waals surface area contributed by atoms with Gasteiger partial charge in [0.15, 0.2) is 12.1 Å². The summed E-state index contributed by atoms with van der Waals surface area (Å²) >= 11 is 0. The van der Waals surface area contributed by atoms with Gasteiger partial charge < -0.3 is 24.5 Å². The van der Waals surface area contributed by atoms with Crippen molar-refractivity contribution in [1.29, 1.82) is 0 Å². The molecule has 2 heterocycles. The first-order valence-corrected chi connectivity index (χ1v) is 14.4. The van der Waals surface area contributed by atoms with E-state index in [9.17, 15) is 14.7 Å². The molecule has 0 bridgehead atoms. The minimum Gasteiger partial charge on any atom is -0.392 e. The second kappa shape index (κ2) is 12.7. The van der Waals surface area contributed by atoms with Gasteiger partial charge in [0.05, 0.1) is 49.1 Å². The number of hydrogen-bond acceptors (Lipinski definition) is 6. The van der Waals surface area contributed by atoms with Crippen LogP contribution in [0.5, 0.6) is 0 Å². The van der Waals surface area contributed by atoms with Gasteiger partial charge in [-0.25, -0.2) is 4.98 Å². The van der Waals surface area contributed by atoms with Crippen molar-refractivity contribution in [3.63, 3.8) is 0 Å². The van der Waals surface area contributed by atoms with Gasteiger partial charge >= 0.3 is 0 Å². The first-order valence-electron chi connectivity index (χ1n) is 14.4. The monoisotopic (exact) mass is 575 g/mol. The van der Waals surface area contributed by atoms with E-state index in [1.807, 2.05) is 73.1 Å². The molecule has 43 heavy (non-hydrogen) atoms. The minimum atomic E-state index is -0.603. The molecule has 1 saturated heterocycles. The lowest BCUT2D eigenvalue weighted by Gasteiger charge is -2.36. The normalized spacial score (nSPS) is 18.4. The minimum absolute atomic E-state index is 0.0109. The van der Waals surface area contributed by atoms with E-state index in [0.29, 0.717) is 24.2 Å². The number of ether oxygens (including phenoxy) is 2. The molecule has 0 saturated carbocycles. The first kappa shape index (κ1) is 28.5. The summed E-state index contributed by atoms with van der Waals surface area (Å²) in [6, 6.07) is 30.5. The molecule has 1 amide bonds. The largest absolute Gasteiger partial charge is 0.392 e. The highest BCUT2D eigenvalue weighted by atomic mass is 16.7. The van der Waals surface area contributed by atoms with Crippen LogP contribution in [0.1, 0.15) is 58.4 Å². The third-order valence-electron chi connectivity index (χ3n) is 7.71. The number of rotatable bonds is 9. The Labute approximate surface area is 249 Å². The molecule has 1 fully saturated rings. The van der Waals surface area contributed by atoms with E-state index in [-0.39, 0.29) is 36.9 Å². The van der Waals surface area contributed by atoms with Crippen LogP contribution in [0, 0.1) is 0 Å². The molecule has 2 N–H and O–H groups in total. The lowest BCUT2D eigenvalue weighted by molar-refractivity contribution is -0.252. The maximum Gasteiger partial charge on any atom is 0.228 e. The fourth-order valence-electron chi connectivity index (χ4n) is 5.41. The summed E-state index contributed by atoms with van der Waals surface area (Å²) in [6.45, 7) is 2.11. The number of Topliss-reactive ketones (excluding diaryl/α,β-unsaturated/α-hetero) is 1. The van der Waals surface area contributed by atoms with E-state index < -0.39 is 6.29 Å². The molecule has 4 aromatic carbocycles. The molecule has 8 nitrogen and oxygen atoms in total. The van der Waals surface area contributed by atoms with Crippen molar-refractivity contribution in [3.05, 3.63) is 131 Å². The zero-order valence-electron chi connectivity index (χ0n) is 23.9. The molecule has 6 rings (SSSR count). The number of para-hydroxylation sites is 2. The van der Waals surface area contributed by atoms with Crippen LogP contribution in [0.3, 0.4) is 0 Å². The lowest BCUT2D eigenvalue weighted by atomic mass is 9.99. The van der Waals surface area contributed by atoms with Crippen molar-refractivity contribution in [1.82, 2.24) is 9.55 Å². The van der Waals surface area contributed by atoms with E-state index in [1.54, 1.807) is 24.3 Å². The highest BCUT2D eigenvalue weighted by molar-refractivity contribution is 5.97. The SMILES string of the molecule is CC(=O)c1cccc(NC(=O)Cc2ccc(C3O[C@H](Cn4cnc5ccccc54)C[C@H](c4ccc(CO)cc4)O3)cc2)c1. The molecule has 1 unspecified atom stereocenters. The predicted molar refractivity (Wildman–Crippen MR) is 163 cm³/mol. The standard InChI is InChI=1S/C35H33N3O5/c1-23(40)28-5-4-6-29(18-28)37-34(41)17-24-9-15-27(16-10-24)35-42-30(20-38-22-36-31-7-2-3-8-32(31)38)19-33(43-35)26-13-11-25(21-39)12-14-26/h2-16,18,22,30,33,35,39H,17,19-21H2,1H3,(H,37,41)/t30-,33+,35?/m0/s1. The summed E-state index contributed by atoms with van der Waals surface area (Å²) in [5, 5.41) is 12.4. The van der Waals surface area contributed by atoms with Crippen LogP contribution >= 0.6 is 0 Å². The van der Waals surface area contributed by atoms with Crippen molar-refractivity contribution in [2.75, 3.05) is 5.32 Å². The number of amides is 1. The lowest BCUT2D eigenvalue weighted by Crippen LogP contribution is -2.32. The molecule has 1 aromatic heterocycles. The number of carbonyl (C=O) groups excluding carboxylic acids is 2. The highest BCUT2D eigenvalue weighted by Crippen LogP contribution is 2.38. The maximum atomic E-state index is 12.7. The number of aliphatic hydroxyl groups excluding tert-OH is 1. The van der Waals surface area contributed by atoms with Crippen LogP contribution in [0.2, 0.25) is 0 Å². The number of carbonyl (C=O) groups is 2. The Bertz CT molecular complexity index is 1730. The zero-order valence-corrected chi connectivity index (χ0v) is 23.9. The van der Waals surface area contributed by atoms with Crippen LogP contribution in [0.4, 0.5) is 5.69 Å². The number of anilines is 1. The van der Waals surface area contributed by atoms with Gasteiger partial charge in [-0.05, 0) is 47.9 Å². The van der Waals surface area contributed by atoms with Crippen LogP contribution < -0.4 is 5.32 Å². The van der Waals surface area contributed by atoms with Gasteiger partial charge in [0, 0.05) is 23.2 Å². The average Bonchev–Trinajstić information content (AvgIpc) is 3.44. The number of aromatic nitrogens is 2. The van der Waals surface area contributed by atoms with Crippen molar-refractivity contribution in [2.45, 2.75) is 51.4 Å². The maximum absolute atomic E-state index is 12.7. The highest BCUT2D eigenvalue weighted by Gasteiger charge is 2.32. The summed E-state index contributed by atoms with van der Waals surface area (Å²) < 4.78 is 15.1. The molecule has 5 aromatic rings. The molecular weight excluding hydrogens is 542 g/mol. The molecule has 1 aliphatic heterocycles. The fraction of sp³-hybridized carbons (Fsp3) is 0.229. The number of ketones is 1. The Hall–Kier alpha value is -4.63. The molecule has 218 valence electrons. The average molecular weight is 576 g/mol. The molecule has 8 heteroatoms. The van der Waals surface area contributed by atoms with Crippen molar-refractivity contribution >= 4 is 28.4 Å². The van der Waals surface area contributed by atoms with E-state index >= 15 is 0 Å². The van der Waals surface area contributed by atoms with Gasteiger partial charge in [0.2, 0.25) is 5.91 Å². The number of imidazole rings is 1. The second-order valence-electron chi connectivity index (χ2n) is 10.8. The summed E-state index contributed by atoms with van der Waals surface area (Å²) in [4.78, 5) is 28.9. The summed E-state index contributed by atoms with van der Waals surface area (Å²) in [5.74, 6) is -0.221. The Morgan fingerprint density at radius 1 is 0.907 bits per heavy atom. The van der Waals surface area contributed by atoms with E-state index in [1.165, 1.54) is 6.92 Å². The topological polar surface area (TPSA) is 103 Å². The number of nitrogens with one attached hydrogen (secondary N) is 1. The molecule has 0 radical (unpaired) electrons. The van der Waals surface area contributed by atoms with Gasteiger partial charge in [-0.1, -0.05) is 72.8 Å². The van der Waals surface area contributed by atoms with E-state index in [2.05, 4.69) is 20.9 Å². The molecule has 0 aliphatic carbocycles. The van der Waals surface area contributed by atoms with Gasteiger partial charge in [0.1, 0.15) is 0 Å². The Morgan fingerprint density at radius 2 is 1.65 bits per heavy atom. The Morgan fingerprint density at radius 3 is 2.42 bits per heavy atom. The third-order valence-corrected chi connectivity index (χ3v) is 7.71. The zero-order chi connectivity index (χ0) is 29.8. The van der Waals surface area contributed by atoms with Crippen molar-refractivity contribution in [3.8, 4) is 0 Å². The quantitative estimate of drug-likeness (QED) is 0.204. The second-order valence-corrected chi connectivity index (χ2v) is 10.8. The number of fused-ring (bicyclic) bond motifs is 1. The molecular formula is C35H33N3O5. The first-order chi connectivity index (χ1) is 20.9. The fourth-order valence-corrected chi connectivity index (χ4v) is 5.41. The van der Waals surface area contributed by atoms with Crippen LogP contribution in [-0.2, 0) is 33.8 Å². The van der Waals surface area contributed by atoms with Crippen LogP contribution in [0.15, 0.2) is 103 Å². The van der Waals surface area contributed by atoms with Gasteiger partial charge in [-0.3, -0.25) is 9.59 Å². The Balaban J connectivity index is 1.18. The van der Waals surface area contributed by atoms with Gasteiger partial charge in [-0.2, -0.15) is 0 Å². The van der Waals surface area contributed by atoms with Crippen LogP contribution in [-0.4, -0.2) is 32.5 Å². The smallest absolute Gasteiger partial charge is 0.228 e. The number of hydrogen-bond donors (Lipinski definition) is 2. The third kappa shape index (κ3) is 6.73. The molecule has 3 atom stereocenters. The van der Waals surface area contributed by atoms with Crippen molar-refractivity contribution in [2.24, 2.45) is 0 Å². The predicted octanol–water partition coefficient (Wildman–Crippen LogP) is 6.16. The molecule has 1 aliphatic rings. The summed E-state index contributed by atoms with van der Waals surface area (Å²) in [6.07, 6.45) is 1.74. The van der Waals surface area contributed by atoms with Crippen LogP contribution in [0.25, 0.3) is 11.0 Å². The van der Waals surface area contributed by atoms with Gasteiger partial charge in [0.25, 0.3) is 0 Å². The summed E-state index contributed by atoms with van der Waals surface area (Å²) in [7, 11) is 0. The van der Waals surface area contributed by atoms with Gasteiger partial charge in [-0.15, -0.1) is 0 Å².